The molecule has 0 radical (unpaired) electrons. The molecule has 0 aromatic carbocycles. The van der Waals surface area contributed by atoms with Crippen molar-refractivity contribution in [3.05, 3.63) is 12.4 Å². The van der Waals surface area contributed by atoms with Gasteiger partial charge in [0.15, 0.2) is 0 Å². The highest BCUT2D eigenvalue weighted by molar-refractivity contribution is 6.58. The molecule has 2 aliphatic rings. The molecule has 0 aliphatic heterocycles. The molecule has 2 saturated carbocycles. The number of hydrogen-bond acceptors (Lipinski definition) is 3. The van der Waals surface area contributed by atoms with Crippen LogP contribution in [-0.2, 0) is 6.54 Å². The Bertz CT molecular complexity index is 380. The van der Waals surface area contributed by atoms with Gasteiger partial charge < -0.3 is 10.0 Å². The molecule has 2 fully saturated rings. The van der Waals surface area contributed by atoms with Gasteiger partial charge in [-0.3, -0.25) is 4.68 Å². The van der Waals surface area contributed by atoms with Crippen LogP contribution >= 0.6 is 0 Å². The van der Waals surface area contributed by atoms with E-state index in [1.807, 2.05) is 4.68 Å². The SMILES string of the molecule is OB(O)c1cnn(CC2CC3CCC2C3)c1. The minimum Gasteiger partial charge on any atom is -0.423 e. The van der Waals surface area contributed by atoms with Gasteiger partial charge in [0, 0.05) is 24.4 Å². The van der Waals surface area contributed by atoms with Crippen molar-refractivity contribution < 1.29 is 10.0 Å². The molecular formula is C11H17BN2O2. The lowest BCUT2D eigenvalue weighted by Gasteiger charge is -2.21. The summed E-state index contributed by atoms with van der Waals surface area (Å²) in [4.78, 5) is 0. The number of aromatic nitrogens is 2. The van der Waals surface area contributed by atoms with E-state index in [2.05, 4.69) is 5.10 Å². The maximum Gasteiger partial charge on any atom is 0.491 e. The van der Waals surface area contributed by atoms with Gasteiger partial charge >= 0.3 is 7.12 Å². The average Bonchev–Trinajstić information content (AvgIpc) is 2.91. The molecule has 2 N–H and O–H groups in total. The molecule has 4 nitrogen and oxygen atoms in total. The van der Waals surface area contributed by atoms with E-state index >= 15 is 0 Å². The Morgan fingerprint density at radius 1 is 1.38 bits per heavy atom. The number of hydrogen-bond donors (Lipinski definition) is 2. The summed E-state index contributed by atoms with van der Waals surface area (Å²) in [5, 5.41) is 22.2. The zero-order valence-corrected chi connectivity index (χ0v) is 9.29. The lowest BCUT2D eigenvalue weighted by molar-refractivity contribution is 0.285. The molecule has 3 rings (SSSR count). The zero-order chi connectivity index (χ0) is 11.1. The first-order valence-electron chi connectivity index (χ1n) is 6.11. The van der Waals surface area contributed by atoms with E-state index in [0.717, 1.165) is 24.3 Å². The molecule has 0 spiro atoms. The molecule has 2 bridgehead atoms. The van der Waals surface area contributed by atoms with Crippen molar-refractivity contribution in [3.63, 3.8) is 0 Å². The molecular weight excluding hydrogens is 203 g/mol. The Morgan fingerprint density at radius 2 is 2.25 bits per heavy atom. The standard InChI is InChI=1S/C11H17BN2O2/c15-12(16)11-5-13-14(7-11)6-10-4-8-1-2-9(10)3-8/h5,7-10,15-16H,1-4,6H2. The van der Waals surface area contributed by atoms with E-state index < -0.39 is 7.12 Å². The third-order valence-electron chi connectivity index (χ3n) is 4.26. The second-order valence-corrected chi connectivity index (χ2v) is 5.30. The molecule has 0 saturated heterocycles. The lowest BCUT2D eigenvalue weighted by atomic mass is 9.83. The predicted octanol–water partition coefficient (Wildman–Crippen LogP) is -0.000900. The van der Waals surface area contributed by atoms with Crippen molar-refractivity contribution in [1.82, 2.24) is 9.78 Å². The van der Waals surface area contributed by atoms with Crippen molar-refractivity contribution in [3.8, 4) is 0 Å². The van der Waals surface area contributed by atoms with Crippen molar-refractivity contribution >= 4 is 12.6 Å². The summed E-state index contributed by atoms with van der Waals surface area (Å²) in [5.41, 5.74) is 0.489. The van der Waals surface area contributed by atoms with Gasteiger partial charge in [0.1, 0.15) is 0 Å². The first-order valence-corrected chi connectivity index (χ1v) is 6.11. The van der Waals surface area contributed by atoms with Crippen LogP contribution in [0.25, 0.3) is 0 Å². The molecule has 3 atom stereocenters. The highest BCUT2D eigenvalue weighted by Crippen LogP contribution is 2.48. The van der Waals surface area contributed by atoms with Crippen LogP contribution in [0.2, 0.25) is 0 Å². The van der Waals surface area contributed by atoms with E-state index in [1.54, 1.807) is 6.20 Å². The van der Waals surface area contributed by atoms with Gasteiger partial charge in [0.25, 0.3) is 0 Å². The fourth-order valence-electron chi connectivity index (χ4n) is 3.45. The lowest BCUT2D eigenvalue weighted by Crippen LogP contribution is -2.28. The van der Waals surface area contributed by atoms with Gasteiger partial charge in [-0.15, -0.1) is 0 Å². The maximum absolute atomic E-state index is 9.01. The monoisotopic (exact) mass is 220 g/mol. The summed E-state index contributed by atoms with van der Waals surface area (Å²) in [6.07, 6.45) is 8.82. The number of nitrogens with zero attached hydrogens (tertiary/aromatic N) is 2. The summed E-state index contributed by atoms with van der Waals surface area (Å²) < 4.78 is 1.86. The third kappa shape index (κ3) is 1.78. The molecule has 86 valence electrons. The van der Waals surface area contributed by atoms with Crippen LogP contribution in [0.15, 0.2) is 12.4 Å². The van der Waals surface area contributed by atoms with E-state index in [1.165, 1.54) is 31.9 Å². The molecule has 2 aliphatic carbocycles. The van der Waals surface area contributed by atoms with Gasteiger partial charge in [0.05, 0.1) is 0 Å². The van der Waals surface area contributed by atoms with E-state index in [4.69, 9.17) is 10.0 Å². The average molecular weight is 220 g/mol. The molecule has 16 heavy (non-hydrogen) atoms. The molecule has 3 unspecified atom stereocenters. The van der Waals surface area contributed by atoms with Crippen LogP contribution in [0, 0.1) is 17.8 Å². The molecule has 5 heteroatoms. The van der Waals surface area contributed by atoms with Crippen LogP contribution in [0.4, 0.5) is 0 Å². The first-order chi connectivity index (χ1) is 7.72. The second kappa shape index (κ2) is 3.89. The van der Waals surface area contributed by atoms with Crippen molar-refractivity contribution in [2.24, 2.45) is 17.8 Å². The first kappa shape index (κ1) is 10.4. The minimum atomic E-state index is -1.39. The molecule has 1 aromatic heterocycles. The number of fused-ring (bicyclic) bond motifs is 2. The summed E-state index contributed by atoms with van der Waals surface area (Å²) in [5.74, 6) is 2.59. The van der Waals surface area contributed by atoms with Crippen LogP contribution in [0.1, 0.15) is 25.7 Å². The Hall–Kier alpha value is -0.805. The Balaban J connectivity index is 1.65. The topological polar surface area (TPSA) is 58.3 Å². The van der Waals surface area contributed by atoms with E-state index in [0.29, 0.717) is 5.46 Å². The summed E-state index contributed by atoms with van der Waals surface area (Å²) in [6, 6.07) is 0. The third-order valence-corrected chi connectivity index (χ3v) is 4.26. The van der Waals surface area contributed by atoms with Crippen LogP contribution in [0.5, 0.6) is 0 Å². The van der Waals surface area contributed by atoms with E-state index in [9.17, 15) is 0 Å². The Labute approximate surface area is 95.4 Å². The summed E-state index contributed by atoms with van der Waals surface area (Å²) >= 11 is 0. The second-order valence-electron chi connectivity index (χ2n) is 5.30. The summed E-state index contributed by atoms with van der Waals surface area (Å²) in [6.45, 7) is 0.938. The zero-order valence-electron chi connectivity index (χ0n) is 9.29. The highest BCUT2D eigenvalue weighted by atomic mass is 16.4. The van der Waals surface area contributed by atoms with Crippen LogP contribution in [-0.4, -0.2) is 26.9 Å². The van der Waals surface area contributed by atoms with Crippen molar-refractivity contribution in [2.75, 3.05) is 0 Å². The molecule has 0 amide bonds. The Kier molecular flexibility index (Phi) is 2.52. The highest BCUT2D eigenvalue weighted by Gasteiger charge is 2.39. The van der Waals surface area contributed by atoms with Gasteiger partial charge in [-0.05, 0) is 37.0 Å². The predicted molar refractivity (Wildman–Crippen MR) is 61.0 cm³/mol. The van der Waals surface area contributed by atoms with Gasteiger partial charge in [0.2, 0.25) is 0 Å². The van der Waals surface area contributed by atoms with Crippen molar-refractivity contribution in [1.29, 1.82) is 0 Å². The minimum absolute atomic E-state index is 0.489. The fraction of sp³-hybridized carbons (Fsp3) is 0.727. The summed E-state index contributed by atoms with van der Waals surface area (Å²) in [7, 11) is -1.39. The smallest absolute Gasteiger partial charge is 0.423 e. The van der Waals surface area contributed by atoms with Gasteiger partial charge in [-0.1, -0.05) is 6.42 Å². The van der Waals surface area contributed by atoms with Crippen LogP contribution in [0.3, 0.4) is 0 Å². The van der Waals surface area contributed by atoms with Gasteiger partial charge in [-0.2, -0.15) is 5.10 Å². The quantitative estimate of drug-likeness (QED) is 0.705. The van der Waals surface area contributed by atoms with Crippen LogP contribution < -0.4 is 5.46 Å². The molecule has 1 aromatic rings. The van der Waals surface area contributed by atoms with Gasteiger partial charge in [-0.25, -0.2) is 0 Å². The molecule has 1 heterocycles. The van der Waals surface area contributed by atoms with E-state index in [-0.39, 0.29) is 0 Å². The largest absolute Gasteiger partial charge is 0.491 e. The maximum atomic E-state index is 9.01. The van der Waals surface area contributed by atoms with Crippen molar-refractivity contribution in [2.45, 2.75) is 32.2 Å². The Morgan fingerprint density at radius 3 is 2.81 bits per heavy atom. The fourth-order valence-corrected chi connectivity index (χ4v) is 3.45. The number of rotatable bonds is 3. The normalized spacial score (nSPS) is 32.2.